The molecule has 2 fully saturated rings. The van der Waals surface area contributed by atoms with Crippen LogP contribution >= 0.6 is 23.2 Å². The molecule has 0 bridgehead atoms. The Hall–Kier alpha value is -1.14. The predicted octanol–water partition coefficient (Wildman–Crippen LogP) is 4.78. The quantitative estimate of drug-likeness (QED) is 0.730. The lowest BCUT2D eigenvalue weighted by Gasteiger charge is -2.29. The average molecular weight is 423 g/mol. The van der Waals surface area contributed by atoms with E-state index in [1.807, 2.05) is 36.4 Å². The van der Waals surface area contributed by atoms with Gasteiger partial charge in [0.2, 0.25) is 0 Å². The molecule has 6 heteroatoms. The Labute approximate surface area is 177 Å². The van der Waals surface area contributed by atoms with Crippen LogP contribution in [0.1, 0.15) is 37.2 Å². The van der Waals surface area contributed by atoms with E-state index in [1.165, 1.54) is 0 Å². The summed E-state index contributed by atoms with van der Waals surface area (Å²) < 4.78 is 11.6. The van der Waals surface area contributed by atoms with E-state index in [4.69, 9.17) is 32.7 Å². The fraction of sp³-hybridized carbons (Fsp3) is 0.455. The van der Waals surface area contributed by atoms with E-state index in [2.05, 4.69) is 36.6 Å². The van der Waals surface area contributed by atoms with E-state index in [0.29, 0.717) is 0 Å². The Kier molecular flexibility index (Phi) is 8.15. The Morgan fingerprint density at radius 3 is 1.50 bits per heavy atom. The molecule has 2 aromatic rings. The third kappa shape index (κ3) is 6.45. The van der Waals surface area contributed by atoms with Crippen LogP contribution in [0, 0.1) is 0 Å². The van der Waals surface area contributed by atoms with Crippen molar-refractivity contribution in [3.05, 3.63) is 69.7 Å². The van der Waals surface area contributed by atoms with Crippen LogP contribution in [0.2, 0.25) is 10.0 Å². The molecule has 0 aliphatic carbocycles. The van der Waals surface area contributed by atoms with Crippen LogP contribution in [0.5, 0.6) is 0 Å². The molecule has 2 aliphatic rings. The molecule has 2 heterocycles. The van der Waals surface area contributed by atoms with Crippen LogP contribution in [0.25, 0.3) is 0 Å². The smallest absolute Gasteiger partial charge is 0.0954 e. The van der Waals surface area contributed by atoms with Crippen LogP contribution in [-0.4, -0.2) is 38.4 Å². The van der Waals surface area contributed by atoms with Crippen LogP contribution in [-0.2, 0) is 9.47 Å². The van der Waals surface area contributed by atoms with Crippen molar-refractivity contribution in [1.82, 2.24) is 10.6 Å². The van der Waals surface area contributed by atoms with Gasteiger partial charge in [-0.1, -0.05) is 47.5 Å². The van der Waals surface area contributed by atoms with Crippen molar-refractivity contribution >= 4 is 23.2 Å². The summed E-state index contributed by atoms with van der Waals surface area (Å²) in [4.78, 5) is 0. The largest absolute Gasteiger partial charge is 0.368 e. The normalized spacial score (nSPS) is 27.6. The van der Waals surface area contributed by atoms with Gasteiger partial charge in [-0.15, -0.1) is 0 Å². The summed E-state index contributed by atoms with van der Waals surface area (Å²) in [5.74, 6) is 0. The molecular weight excluding hydrogens is 395 g/mol. The first-order valence-corrected chi connectivity index (χ1v) is 10.5. The summed E-state index contributed by atoms with van der Waals surface area (Å²) in [7, 11) is 0. The summed E-state index contributed by atoms with van der Waals surface area (Å²) in [5, 5.41) is 8.20. The van der Waals surface area contributed by atoms with Gasteiger partial charge in [0.15, 0.2) is 0 Å². The first-order chi connectivity index (χ1) is 13.5. The monoisotopic (exact) mass is 422 g/mol. The zero-order valence-electron chi connectivity index (χ0n) is 16.3. The van der Waals surface area contributed by atoms with Crippen molar-refractivity contribution in [3.8, 4) is 0 Å². The Balaban J connectivity index is 0.000000161. The van der Waals surface area contributed by atoms with Crippen LogP contribution < -0.4 is 10.6 Å². The number of hydrogen-bond acceptors (Lipinski definition) is 4. The maximum atomic E-state index is 5.92. The fourth-order valence-electron chi connectivity index (χ4n) is 3.40. The zero-order chi connectivity index (χ0) is 19.9. The molecule has 2 aliphatic heterocycles. The minimum atomic E-state index is 0.137. The minimum Gasteiger partial charge on any atom is -0.368 e. The molecule has 0 spiro atoms. The maximum absolute atomic E-state index is 5.92. The fourth-order valence-corrected chi connectivity index (χ4v) is 3.79. The van der Waals surface area contributed by atoms with Crippen molar-refractivity contribution in [2.24, 2.45) is 0 Å². The number of nitrogens with one attached hydrogen (secondary N) is 2. The number of hydrogen-bond donors (Lipinski definition) is 2. The Bertz CT molecular complexity index is 695. The highest BCUT2D eigenvalue weighted by molar-refractivity contribution is 6.30. The lowest BCUT2D eigenvalue weighted by molar-refractivity contribution is -0.0288. The van der Waals surface area contributed by atoms with Gasteiger partial charge in [-0.25, -0.2) is 0 Å². The van der Waals surface area contributed by atoms with Crippen molar-refractivity contribution in [1.29, 1.82) is 0 Å². The number of benzene rings is 2. The SMILES string of the molecule is C[C@@H]1CNCC(c2cccc(Cl)c2)O1.C[C@@H]1CNC[C@@H](c2cccc(Cl)c2)O1. The number of rotatable bonds is 2. The second-order valence-corrected chi connectivity index (χ2v) is 8.17. The summed E-state index contributed by atoms with van der Waals surface area (Å²) >= 11 is 11.8. The van der Waals surface area contributed by atoms with Gasteiger partial charge in [-0.05, 0) is 49.2 Å². The van der Waals surface area contributed by atoms with E-state index in [-0.39, 0.29) is 24.4 Å². The number of halogens is 2. The minimum absolute atomic E-state index is 0.137. The first kappa shape index (κ1) is 21.6. The molecule has 0 saturated carbocycles. The zero-order valence-corrected chi connectivity index (χ0v) is 17.8. The first-order valence-electron chi connectivity index (χ1n) is 9.74. The topological polar surface area (TPSA) is 42.5 Å². The second-order valence-electron chi connectivity index (χ2n) is 7.30. The van der Waals surface area contributed by atoms with Crippen molar-refractivity contribution in [2.75, 3.05) is 26.2 Å². The van der Waals surface area contributed by atoms with Gasteiger partial charge in [0.25, 0.3) is 0 Å². The molecule has 4 atom stereocenters. The molecule has 4 nitrogen and oxygen atoms in total. The molecule has 4 rings (SSSR count). The van der Waals surface area contributed by atoms with Crippen LogP contribution in [0.15, 0.2) is 48.5 Å². The number of ether oxygens (including phenoxy) is 2. The van der Waals surface area contributed by atoms with Gasteiger partial charge >= 0.3 is 0 Å². The molecule has 0 aromatic heterocycles. The molecule has 28 heavy (non-hydrogen) atoms. The van der Waals surface area contributed by atoms with E-state index in [0.717, 1.165) is 47.4 Å². The Morgan fingerprint density at radius 1 is 0.714 bits per heavy atom. The number of morpholine rings is 2. The standard InChI is InChI=1S/2C11H14ClNO/c2*1-8-6-13-7-11(14-8)9-3-2-4-10(12)5-9/h2*2-5,8,11,13H,6-7H2,1H3/t8-,11?;8-,11+/m11/s1. The summed E-state index contributed by atoms with van der Waals surface area (Å²) in [5.41, 5.74) is 2.30. The Morgan fingerprint density at radius 2 is 1.14 bits per heavy atom. The van der Waals surface area contributed by atoms with Crippen molar-refractivity contribution < 1.29 is 9.47 Å². The van der Waals surface area contributed by atoms with Gasteiger partial charge < -0.3 is 20.1 Å². The molecule has 2 saturated heterocycles. The highest BCUT2D eigenvalue weighted by Gasteiger charge is 2.21. The van der Waals surface area contributed by atoms with E-state index in [1.54, 1.807) is 0 Å². The highest BCUT2D eigenvalue weighted by Crippen LogP contribution is 2.24. The van der Waals surface area contributed by atoms with Crippen molar-refractivity contribution in [3.63, 3.8) is 0 Å². The van der Waals surface area contributed by atoms with Gasteiger partial charge in [-0.2, -0.15) is 0 Å². The lowest BCUT2D eigenvalue weighted by Crippen LogP contribution is -2.38. The molecule has 152 valence electrons. The van der Waals surface area contributed by atoms with Gasteiger partial charge in [0.05, 0.1) is 24.4 Å². The molecular formula is C22H28Cl2N2O2. The summed E-state index contributed by atoms with van der Waals surface area (Å²) in [6.45, 7) is 7.73. The molecule has 0 amide bonds. The molecule has 1 unspecified atom stereocenters. The highest BCUT2D eigenvalue weighted by atomic mass is 35.5. The van der Waals surface area contributed by atoms with Crippen molar-refractivity contribution in [2.45, 2.75) is 38.3 Å². The maximum Gasteiger partial charge on any atom is 0.0954 e. The van der Waals surface area contributed by atoms with Gasteiger partial charge in [-0.3, -0.25) is 0 Å². The van der Waals surface area contributed by atoms with Gasteiger partial charge in [0, 0.05) is 36.2 Å². The molecule has 0 radical (unpaired) electrons. The summed E-state index contributed by atoms with van der Waals surface area (Å²) in [6, 6.07) is 15.7. The molecule has 2 N–H and O–H groups in total. The average Bonchev–Trinajstić information content (AvgIpc) is 2.69. The van der Waals surface area contributed by atoms with Gasteiger partial charge in [0.1, 0.15) is 0 Å². The second kappa shape index (κ2) is 10.6. The predicted molar refractivity (Wildman–Crippen MR) is 115 cm³/mol. The van der Waals surface area contributed by atoms with E-state index < -0.39 is 0 Å². The third-order valence-corrected chi connectivity index (χ3v) is 5.23. The van der Waals surface area contributed by atoms with Crippen LogP contribution in [0.4, 0.5) is 0 Å². The third-order valence-electron chi connectivity index (χ3n) is 4.76. The molecule has 2 aromatic carbocycles. The lowest BCUT2D eigenvalue weighted by atomic mass is 10.1. The summed E-state index contributed by atoms with van der Waals surface area (Å²) in [6.07, 6.45) is 0.815. The van der Waals surface area contributed by atoms with E-state index in [9.17, 15) is 0 Å². The van der Waals surface area contributed by atoms with E-state index >= 15 is 0 Å². The van der Waals surface area contributed by atoms with Crippen LogP contribution in [0.3, 0.4) is 0 Å².